The third kappa shape index (κ3) is 4.31. The molecule has 26 heavy (non-hydrogen) atoms. The monoisotopic (exact) mass is 359 g/mol. The first-order valence-electron chi connectivity index (χ1n) is 7.58. The number of carbonyl (C=O) groups excluding carboxylic acids is 2. The molecular formula is C17H21N5O4. The number of carbonyl (C=O) groups is 3. The summed E-state index contributed by atoms with van der Waals surface area (Å²) in [6, 6.07) is 4.51. The fraction of sp³-hybridized carbons (Fsp3) is 0.294. The minimum atomic E-state index is -2.48. The van der Waals surface area contributed by atoms with Crippen molar-refractivity contribution in [2.24, 2.45) is 22.9 Å². The van der Waals surface area contributed by atoms with Crippen LogP contribution in [0.5, 0.6) is 0 Å². The minimum Gasteiger partial charge on any atom is -0.479 e. The number of nitrogen functional groups attached to an aromatic ring is 1. The third-order valence-electron chi connectivity index (χ3n) is 3.81. The van der Waals surface area contributed by atoms with E-state index in [0.29, 0.717) is 17.4 Å². The Labute approximate surface area is 150 Å². The molecule has 0 aliphatic carbocycles. The Hall–Kier alpha value is -3.06. The first-order valence-corrected chi connectivity index (χ1v) is 7.58. The highest BCUT2D eigenvalue weighted by atomic mass is 16.4. The van der Waals surface area contributed by atoms with Gasteiger partial charge in [-0.2, -0.15) is 0 Å². The molecule has 138 valence electrons. The number of Topliss-reactive ketones (excluding diaryl/α,β-unsaturated/α-hetero) is 1. The van der Waals surface area contributed by atoms with Crippen LogP contribution in [0.15, 0.2) is 24.3 Å². The van der Waals surface area contributed by atoms with E-state index in [0.717, 1.165) is 0 Å². The molecule has 0 radical (unpaired) electrons. The van der Waals surface area contributed by atoms with E-state index in [-0.39, 0.29) is 18.8 Å². The fourth-order valence-corrected chi connectivity index (χ4v) is 2.36. The van der Waals surface area contributed by atoms with Crippen molar-refractivity contribution in [2.45, 2.75) is 23.9 Å². The smallest absolute Gasteiger partial charge is 0.333 e. The van der Waals surface area contributed by atoms with Gasteiger partial charge in [0.1, 0.15) is 12.1 Å². The van der Waals surface area contributed by atoms with Crippen molar-refractivity contribution in [2.75, 3.05) is 6.54 Å². The number of hydrogen-bond donors (Lipinski definition) is 6. The van der Waals surface area contributed by atoms with Crippen molar-refractivity contribution in [1.82, 2.24) is 0 Å². The molecule has 1 aromatic carbocycles. The fourth-order valence-electron chi connectivity index (χ4n) is 2.36. The summed E-state index contributed by atoms with van der Waals surface area (Å²) < 4.78 is 0. The second-order valence-corrected chi connectivity index (χ2v) is 5.54. The van der Waals surface area contributed by atoms with E-state index in [1.165, 1.54) is 24.3 Å². The lowest BCUT2D eigenvalue weighted by Crippen LogP contribution is -2.63. The van der Waals surface area contributed by atoms with Crippen molar-refractivity contribution in [1.29, 1.82) is 5.41 Å². The van der Waals surface area contributed by atoms with Gasteiger partial charge in [0.2, 0.25) is 0 Å². The zero-order valence-corrected chi connectivity index (χ0v) is 13.9. The van der Waals surface area contributed by atoms with E-state index < -0.39 is 29.3 Å². The Morgan fingerprint density at radius 3 is 2.31 bits per heavy atom. The average Bonchev–Trinajstić information content (AvgIpc) is 2.61. The van der Waals surface area contributed by atoms with E-state index in [1.807, 2.05) is 0 Å². The van der Waals surface area contributed by atoms with Crippen molar-refractivity contribution in [3.05, 3.63) is 35.4 Å². The molecule has 9 nitrogen and oxygen atoms in total. The predicted molar refractivity (Wildman–Crippen MR) is 95.2 cm³/mol. The molecule has 1 rings (SSSR count). The number of carboxylic acids is 1. The van der Waals surface area contributed by atoms with Crippen LogP contribution >= 0.6 is 0 Å². The number of ketones is 1. The molecule has 3 atom stereocenters. The van der Waals surface area contributed by atoms with E-state index in [2.05, 4.69) is 11.8 Å². The van der Waals surface area contributed by atoms with E-state index in [9.17, 15) is 19.5 Å². The summed E-state index contributed by atoms with van der Waals surface area (Å²) in [6.07, 6.45) is 0.0401. The van der Waals surface area contributed by atoms with Crippen molar-refractivity contribution in [3.8, 4) is 11.8 Å². The van der Waals surface area contributed by atoms with Gasteiger partial charge in [0.15, 0.2) is 11.3 Å². The van der Waals surface area contributed by atoms with Crippen LogP contribution in [0.25, 0.3) is 0 Å². The average molecular weight is 359 g/mol. The number of amidine groups is 1. The third-order valence-corrected chi connectivity index (χ3v) is 3.81. The number of carboxylic acid groups (broad SMARTS) is 1. The van der Waals surface area contributed by atoms with Crippen LogP contribution in [-0.2, 0) is 14.4 Å². The Bertz CT molecular complexity index is 766. The lowest BCUT2D eigenvalue weighted by molar-refractivity contribution is -0.149. The van der Waals surface area contributed by atoms with Gasteiger partial charge in [0.05, 0.1) is 18.5 Å². The second-order valence-electron chi connectivity index (χ2n) is 5.54. The zero-order chi connectivity index (χ0) is 19.9. The first kappa shape index (κ1) is 21.0. The van der Waals surface area contributed by atoms with Crippen LogP contribution in [0.4, 0.5) is 0 Å². The quantitative estimate of drug-likeness (QED) is 0.103. The summed E-state index contributed by atoms with van der Waals surface area (Å²) in [7, 11) is 0. The molecule has 0 aliphatic heterocycles. The molecule has 10 N–H and O–H groups in total. The largest absolute Gasteiger partial charge is 0.479 e. The molecule has 0 spiro atoms. The van der Waals surface area contributed by atoms with Gasteiger partial charge in [-0.05, 0) is 5.56 Å². The standard InChI is InChI=1S/C17H21N5O4/c18-8-1-2-12(10-3-5-11(6-4-10)15(20)21)17(22,16(25)26)14(24)13(19)7-9-23/h3-6,9,12-13H,7-8,18-19,22H2,(H3,20,21)(H,25,26). The van der Waals surface area contributed by atoms with Crippen LogP contribution in [-0.4, -0.2) is 47.1 Å². The van der Waals surface area contributed by atoms with Crippen LogP contribution in [0.3, 0.4) is 0 Å². The van der Waals surface area contributed by atoms with E-state index >= 15 is 0 Å². The summed E-state index contributed by atoms with van der Waals surface area (Å²) in [6.45, 7) is -0.0771. The number of benzene rings is 1. The Balaban J connectivity index is 3.50. The first-order chi connectivity index (χ1) is 12.2. The molecule has 0 saturated heterocycles. The van der Waals surface area contributed by atoms with E-state index in [4.69, 9.17) is 28.3 Å². The maximum absolute atomic E-state index is 12.6. The van der Waals surface area contributed by atoms with Crippen LogP contribution in [0.2, 0.25) is 0 Å². The lowest BCUT2D eigenvalue weighted by Gasteiger charge is -2.31. The number of rotatable bonds is 8. The molecule has 1 aromatic rings. The Morgan fingerprint density at radius 1 is 1.31 bits per heavy atom. The molecule has 0 heterocycles. The normalized spacial score (nSPS) is 14.9. The maximum atomic E-state index is 12.6. The summed E-state index contributed by atoms with van der Waals surface area (Å²) in [5, 5.41) is 17.0. The van der Waals surface area contributed by atoms with Crippen molar-refractivity contribution < 1.29 is 19.5 Å². The summed E-state index contributed by atoms with van der Waals surface area (Å²) in [5.74, 6) is 1.03. The van der Waals surface area contributed by atoms with Gasteiger partial charge < -0.3 is 32.8 Å². The summed E-state index contributed by atoms with van der Waals surface area (Å²) in [5.41, 5.74) is 20.6. The topological polar surface area (TPSA) is 199 Å². The van der Waals surface area contributed by atoms with Crippen molar-refractivity contribution >= 4 is 23.9 Å². The number of aliphatic carboxylic acids is 1. The summed E-state index contributed by atoms with van der Waals surface area (Å²) >= 11 is 0. The molecule has 0 fully saturated rings. The highest BCUT2D eigenvalue weighted by Crippen LogP contribution is 2.29. The molecule has 0 saturated carbocycles. The van der Waals surface area contributed by atoms with Gasteiger partial charge in [-0.15, -0.1) is 0 Å². The number of nitrogens with two attached hydrogens (primary N) is 4. The van der Waals surface area contributed by atoms with E-state index in [1.54, 1.807) is 0 Å². The van der Waals surface area contributed by atoms with Gasteiger partial charge in [0, 0.05) is 12.0 Å². The Morgan fingerprint density at radius 2 is 1.88 bits per heavy atom. The number of hydrogen-bond acceptors (Lipinski definition) is 7. The van der Waals surface area contributed by atoms with Crippen molar-refractivity contribution in [3.63, 3.8) is 0 Å². The maximum Gasteiger partial charge on any atom is 0.333 e. The zero-order valence-electron chi connectivity index (χ0n) is 13.9. The summed E-state index contributed by atoms with van der Waals surface area (Å²) in [4.78, 5) is 35.1. The molecule has 0 aliphatic rings. The molecule has 9 heteroatoms. The highest BCUT2D eigenvalue weighted by Gasteiger charge is 2.51. The van der Waals surface area contributed by atoms with Gasteiger partial charge in [-0.3, -0.25) is 10.2 Å². The van der Waals surface area contributed by atoms with Gasteiger partial charge >= 0.3 is 5.97 Å². The van der Waals surface area contributed by atoms with Gasteiger partial charge in [-0.25, -0.2) is 4.79 Å². The van der Waals surface area contributed by atoms with Crippen LogP contribution in [0, 0.1) is 17.3 Å². The number of aldehydes is 1. The SMILES string of the molecule is N=C(N)c1ccc(C(C#CCN)C(N)(C(=O)O)C(=O)C(N)CC=O)cc1. The molecule has 3 unspecified atom stereocenters. The van der Waals surface area contributed by atoms with Crippen LogP contribution < -0.4 is 22.9 Å². The van der Waals surface area contributed by atoms with Gasteiger partial charge in [-0.1, -0.05) is 36.1 Å². The highest BCUT2D eigenvalue weighted by molar-refractivity contribution is 6.12. The minimum absolute atomic E-state index is 0.0771. The van der Waals surface area contributed by atoms with Crippen LogP contribution in [0.1, 0.15) is 23.5 Å². The molecular weight excluding hydrogens is 338 g/mol. The van der Waals surface area contributed by atoms with Gasteiger partial charge in [0.25, 0.3) is 0 Å². The predicted octanol–water partition coefficient (Wildman–Crippen LogP) is -1.72. The Kier molecular flexibility index (Phi) is 7.16. The molecule has 0 aromatic heterocycles. The molecule has 0 amide bonds. The number of nitrogens with one attached hydrogen (secondary N) is 1. The second kappa shape index (κ2) is 8.87. The lowest BCUT2D eigenvalue weighted by atomic mass is 9.74. The molecule has 0 bridgehead atoms.